The fourth-order valence-corrected chi connectivity index (χ4v) is 4.69. The molecule has 4 rings (SSSR count). The van der Waals surface area contributed by atoms with Crippen LogP contribution >= 0.6 is 0 Å². The highest BCUT2D eigenvalue weighted by Gasteiger charge is 2.39. The van der Waals surface area contributed by atoms with Crippen molar-refractivity contribution in [3.05, 3.63) is 23.8 Å². The Morgan fingerprint density at radius 1 is 1.15 bits per heavy atom. The number of nitrogens with zero attached hydrogens (tertiary/aromatic N) is 2. The molecule has 0 unspecified atom stereocenters. The first kappa shape index (κ1) is 23.5. The third-order valence-electron chi connectivity index (χ3n) is 6.77. The topological polar surface area (TPSA) is 97.4 Å². The molecule has 2 saturated heterocycles. The van der Waals surface area contributed by atoms with E-state index in [9.17, 15) is 14.4 Å². The summed E-state index contributed by atoms with van der Waals surface area (Å²) >= 11 is 0. The fourth-order valence-electron chi connectivity index (χ4n) is 4.69. The lowest BCUT2D eigenvalue weighted by atomic mass is 9.94. The first-order valence-electron chi connectivity index (χ1n) is 11.6. The Labute approximate surface area is 194 Å². The second kappa shape index (κ2) is 10.1. The highest BCUT2D eigenvalue weighted by Crippen LogP contribution is 2.33. The van der Waals surface area contributed by atoms with E-state index in [0.29, 0.717) is 55.9 Å². The van der Waals surface area contributed by atoms with Gasteiger partial charge in [0.2, 0.25) is 11.8 Å². The summed E-state index contributed by atoms with van der Waals surface area (Å²) in [7, 11) is 5.24. The molecule has 1 N–H and O–H groups in total. The van der Waals surface area contributed by atoms with Gasteiger partial charge in [-0.3, -0.25) is 14.4 Å². The maximum Gasteiger partial charge on any atom is 0.257 e. The van der Waals surface area contributed by atoms with Crippen molar-refractivity contribution in [3.8, 4) is 5.75 Å². The van der Waals surface area contributed by atoms with Gasteiger partial charge in [-0.15, -0.1) is 0 Å². The molecule has 3 amide bonds. The van der Waals surface area contributed by atoms with Gasteiger partial charge in [0.15, 0.2) is 0 Å². The standard InChI is InChI=1S/C24H33N3O6/c1-26(2)22(28)13-17-5-6-19-21(33-17)14-32-20-7-4-16(12-18(20)24(30)27(19)3)25-23(29)15-8-10-31-11-9-15/h4,7,12,15,17,19,21H,5-6,8-11,13-14H2,1-3H3,(H,25,29)/t17-,19+,21-/m0/s1. The average molecular weight is 460 g/mol. The minimum absolute atomic E-state index is 0.0234. The summed E-state index contributed by atoms with van der Waals surface area (Å²) in [6.07, 6.45) is 2.66. The van der Waals surface area contributed by atoms with E-state index in [4.69, 9.17) is 14.2 Å². The summed E-state index contributed by atoms with van der Waals surface area (Å²) < 4.78 is 17.5. The lowest BCUT2D eigenvalue weighted by molar-refractivity contribution is -0.140. The largest absolute Gasteiger partial charge is 0.490 e. The van der Waals surface area contributed by atoms with Crippen LogP contribution < -0.4 is 10.1 Å². The zero-order valence-electron chi connectivity index (χ0n) is 19.5. The third kappa shape index (κ3) is 5.30. The number of hydrogen-bond donors (Lipinski definition) is 1. The molecule has 3 aliphatic heterocycles. The lowest BCUT2D eigenvalue weighted by Gasteiger charge is -2.42. The molecule has 0 aromatic heterocycles. The van der Waals surface area contributed by atoms with Gasteiger partial charge in [-0.25, -0.2) is 0 Å². The minimum Gasteiger partial charge on any atom is -0.490 e. The number of carbonyl (C=O) groups is 3. The first-order valence-corrected chi connectivity index (χ1v) is 11.6. The van der Waals surface area contributed by atoms with Gasteiger partial charge in [0.1, 0.15) is 18.5 Å². The van der Waals surface area contributed by atoms with E-state index in [1.807, 2.05) is 0 Å². The van der Waals surface area contributed by atoms with Crippen molar-refractivity contribution in [3.63, 3.8) is 0 Å². The summed E-state index contributed by atoms with van der Waals surface area (Å²) in [6.45, 7) is 1.47. The van der Waals surface area contributed by atoms with Crippen LogP contribution in [0.15, 0.2) is 18.2 Å². The minimum atomic E-state index is -0.311. The molecule has 33 heavy (non-hydrogen) atoms. The summed E-state index contributed by atoms with van der Waals surface area (Å²) in [5.41, 5.74) is 1.00. The molecule has 9 nitrogen and oxygen atoms in total. The van der Waals surface area contributed by atoms with Crippen LogP contribution in [0.5, 0.6) is 5.75 Å². The van der Waals surface area contributed by atoms with Gasteiger partial charge in [0.05, 0.1) is 24.1 Å². The van der Waals surface area contributed by atoms with Crippen LogP contribution in [-0.2, 0) is 19.1 Å². The molecular formula is C24H33N3O6. The van der Waals surface area contributed by atoms with Crippen LogP contribution in [0.25, 0.3) is 0 Å². The van der Waals surface area contributed by atoms with Crippen molar-refractivity contribution in [1.29, 1.82) is 0 Å². The van der Waals surface area contributed by atoms with Crippen LogP contribution in [-0.4, -0.2) is 86.7 Å². The first-order chi connectivity index (χ1) is 15.8. The maximum absolute atomic E-state index is 13.3. The summed E-state index contributed by atoms with van der Waals surface area (Å²) in [5, 5.41) is 2.94. The summed E-state index contributed by atoms with van der Waals surface area (Å²) in [5.74, 6) is 0.181. The number of ether oxygens (including phenoxy) is 3. The van der Waals surface area contributed by atoms with E-state index in [0.717, 1.165) is 6.42 Å². The molecule has 3 heterocycles. The molecule has 1 aromatic rings. The Morgan fingerprint density at radius 3 is 2.64 bits per heavy atom. The number of nitrogens with one attached hydrogen (secondary N) is 1. The Bertz CT molecular complexity index is 898. The second-order valence-electron chi connectivity index (χ2n) is 9.25. The number of rotatable bonds is 4. The van der Waals surface area contributed by atoms with Crippen LogP contribution in [0.1, 0.15) is 42.5 Å². The van der Waals surface area contributed by atoms with Crippen LogP contribution in [0.4, 0.5) is 5.69 Å². The zero-order valence-corrected chi connectivity index (χ0v) is 19.5. The Kier molecular flexibility index (Phi) is 7.19. The summed E-state index contributed by atoms with van der Waals surface area (Å²) in [6, 6.07) is 5.02. The van der Waals surface area contributed by atoms with Gasteiger partial charge >= 0.3 is 0 Å². The van der Waals surface area contributed by atoms with Gasteiger partial charge in [0, 0.05) is 46.0 Å². The SMILES string of the molecule is CN(C)C(=O)C[C@@H]1CC[C@@H]2[C@H](COc3ccc(NC(=O)C4CCOCC4)cc3C(=O)N2C)O1. The molecule has 9 heteroatoms. The number of benzene rings is 1. The number of anilines is 1. The van der Waals surface area contributed by atoms with E-state index in [1.54, 1.807) is 49.1 Å². The molecule has 0 bridgehead atoms. The predicted octanol–water partition coefficient (Wildman–Crippen LogP) is 1.91. The van der Waals surface area contributed by atoms with Crippen molar-refractivity contribution in [1.82, 2.24) is 9.80 Å². The molecule has 2 fully saturated rings. The summed E-state index contributed by atoms with van der Waals surface area (Å²) in [4.78, 5) is 41.3. The Hall–Kier alpha value is -2.65. The Morgan fingerprint density at radius 2 is 1.91 bits per heavy atom. The van der Waals surface area contributed by atoms with E-state index in [2.05, 4.69) is 5.32 Å². The zero-order chi connectivity index (χ0) is 23.5. The smallest absolute Gasteiger partial charge is 0.257 e. The number of carbonyl (C=O) groups excluding carboxylic acids is 3. The van der Waals surface area contributed by atoms with Gasteiger partial charge < -0.3 is 29.3 Å². The highest BCUT2D eigenvalue weighted by atomic mass is 16.5. The fraction of sp³-hybridized carbons (Fsp3) is 0.625. The molecule has 0 aliphatic carbocycles. The van der Waals surface area contributed by atoms with Crippen molar-refractivity contribution in [2.24, 2.45) is 5.92 Å². The van der Waals surface area contributed by atoms with Crippen molar-refractivity contribution < 1.29 is 28.6 Å². The number of fused-ring (bicyclic) bond motifs is 2. The quantitative estimate of drug-likeness (QED) is 0.739. The molecule has 180 valence electrons. The molecular weight excluding hydrogens is 426 g/mol. The molecule has 1 aromatic carbocycles. The van der Waals surface area contributed by atoms with Crippen LogP contribution in [0, 0.1) is 5.92 Å². The second-order valence-corrected chi connectivity index (χ2v) is 9.25. The maximum atomic E-state index is 13.3. The van der Waals surface area contributed by atoms with Gasteiger partial charge in [-0.2, -0.15) is 0 Å². The molecule has 0 radical (unpaired) electrons. The van der Waals surface area contributed by atoms with E-state index in [1.165, 1.54) is 0 Å². The number of hydrogen-bond acceptors (Lipinski definition) is 6. The van der Waals surface area contributed by atoms with Gasteiger partial charge in [-0.05, 0) is 43.9 Å². The average Bonchev–Trinajstić information content (AvgIpc) is 2.82. The molecule has 3 aliphatic rings. The van der Waals surface area contributed by atoms with E-state index in [-0.39, 0.29) is 48.5 Å². The van der Waals surface area contributed by atoms with Crippen molar-refractivity contribution in [2.45, 2.75) is 50.4 Å². The predicted molar refractivity (Wildman–Crippen MR) is 121 cm³/mol. The van der Waals surface area contributed by atoms with Gasteiger partial charge in [-0.1, -0.05) is 0 Å². The van der Waals surface area contributed by atoms with Gasteiger partial charge in [0.25, 0.3) is 5.91 Å². The van der Waals surface area contributed by atoms with Crippen LogP contribution in [0.2, 0.25) is 0 Å². The molecule has 3 atom stereocenters. The van der Waals surface area contributed by atoms with Crippen molar-refractivity contribution >= 4 is 23.4 Å². The highest BCUT2D eigenvalue weighted by molar-refractivity contribution is 6.00. The Balaban J connectivity index is 1.47. The van der Waals surface area contributed by atoms with Crippen LogP contribution in [0.3, 0.4) is 0 Å². The number of amides is 3. The third-order valence-corrected chi connectivity index (χ3v) is 6.77. The normalized spacial score (nSPS) is 25.7. The molecule has 0 spiro atoms. The van der Waals surface area contributed by atoms with E-state index < -0.39 is 0 Å². The molecule has 0 saturated carbocycles. The lowest BCUT2D eigenvalue weighted by Crippen LogP contribution is -2.53. The number of likely N-dealkylation sites (N-methyl/N-ethyl adjacent to an activating group) is 1. The van der Waals surface area contributed by atoms with E-state index >= 15 is 0 Å². The van der Waals surface area contributed by atoms with Crippen molar-refractivity contribution in [2.75, 3.05) is 46.3 Å². The monoisotopic (exact) mass is 459 g/mol.